The van der Waals surface area contributed by atoms with Crippen LogP contribution in [-0.4, -0.2) is 43.0 Å². The van der Waals surface area contributed by atoms with E-state index in [1.807, 2.05) is 0 Å². The first-order valence-electron chi connectivity index (χ1n) is 4.18. The Bertz CT molecular complexity index is 283. The third kappa shape index (κ3) is 5.34. The maximum absolute atomic E-state index is 10.5. The predicted molar refractivity (Wildman–Crippen MR) is 52.3 cm³/mol. The Labute approximate surface area is 96.3 Å². The second kappa shape index (κ2) is 7.66. The zero-order valence-electron chi connectivity index (χ0n) is 8.73. The first-order valence-corrected chi connectivity index (χ1v) is 5.34. The lowest BCUT2D eigenvalue weighted by molar-refractivity contribution is -0.176. The zero-order chi connectivity index (χ0) is 14.2. The number of hydrogen-bond donors (Lipinski definition) is 5. The van der Waals surface area contributed by atoms with Crippen LogP contribution in [0.25, 0.3) is 0 Å². The molecular formula is C7H12O9P+. The molecule has 0 aliphatic carbocycles. The number of rotatable bonds is 5. The molecule has 5 N–H and O–H groups in total. The summed E-state index contributed by atoms with van der Waals surface area (Å²) in [4.78, 5) is 45.8. The highest BCUT2D eigenvalue weighted by atomic mass is 31.1. The molecule has 0 atom stereocenters. The van der Waals surface area contributed by atoms with E-state index in [1.165, 1.54) is 6.92 Å². The molecule has 0 fully saturated rings. The van der Waals surface area contributed by atoms with Gasteiger partial charge in [-0.05, 0) is 6.42 Å². The summed E-state index contributed by atoms with van der Waals surface area (Å²) in [5.41, 5.74) is -2.70. The van der Waals surface area contributed by atoms with Crippen LogP contribution in [0.15, 0.2) is 0 Å². The fourth-order valence-corrected chi connectivity index (χ4v) is 0.970. The van der Waals surface area contributed by atoms with Gasteiger partial charge in [0.15, 0.2) is 0 Å². The minimum atomic E-state index is -2.87. The van der Waals surface area contributed by atoms with E-state index in [0.29, 0.717) is 0 Å². The summed E-state index contributed by atoms with van der Waals surface area (Å²) in [5.74, 6) is -5.52. The minimum absolute atomic E-state index is 0.172. The van der Waals surface area contributed by atoms with Gasteiger partial charge in [0, 0.05) is 4.57 Å². The lowest BCUT2D eigenvalue weighted by Gasteiger charge is -2.18. The summed E-state index contributed by atoms with van der Waals surface area (Å²) < 4.78 is 8.70. The molecule has 0 heterocycles. The van der Waals surface area contributed by atoms with Gasteiger partial charge in [0.1, 0.15) is 0 Å². The number of carboxylic acid groups (broad SMARTS) is 3. The normalized spacial score (nSPS) is 9.82. The molecule has 0 saturated heterocycles. The second-order valence-electron chi connectivity index (χ2n) is 2.82. The van der Waals surface area contributed by atoms with Crippen molar-refractivity contribution in [2.75, 3.05) is 0 Å². The van der Waals surface area contributed by atoms with Gasteiger partial charge < -0.3 is 15.3 Å². The molecule has 9 nitrogen and oxygen atoms in total. The number of aliphatic carboxylic acids is 3. The van der Waals surface area contributed by atoms with E-state index >= 15 is 0 Å². The van der Waals surface area contributed by atoms with Crippen molar-refractivity contribution in [1.82, 2.24) is 0 Å². The second-order valence-corrected chi connectivity index (χ2v) is 3.33. The van der Waals surface area contributed by atoms with E-state index in [0.717, 1.165) is 0 Å². The van der Waals surface area contributed by atoms with Crippen molar-refractivity contribution in [3.05, 3.63) is 0 Å². The summed E-state index contributed by atoms with van der Waals surface area (Å²) in [6.45, 7) is 1.52. The molecule has 0 aliphatic heterocycles. The summed E-state index contributed by atoms with van der Waals surface area (Å²) in [7, 11) is -2.87. The van der Waals surface area contributed by atoms with Crippen molar-refractivity contribution in [3.63, 3.8) is 0 Å². The molecule has 98 valence electrons. The minimum Gasteiger partial charge on any atom is -0.480 e. The van der Waals surface area contributed by atoms with Gasteiger partial charge in [0.05, 0.1) is 0 Å². The average molecular weight is 271 g/mol. The number of carbonyl (C=O) groups is 3. The SMILES string of the molecule is CCCC(C(=O)O)(C(=O)O)C(=O)O.O=[P+](O)O. The average Bonchev–Trinajstić information content (AvgIpc) is 2.10. The predicted octanol–water partition coefficient (Wildman–Crippen LogP) is -0.345. The van der Waals surface area contributed by atoms with Crippen LogP contribution in [0.2, 0.25) is 0 Å². The molecule has 0 spiro atoms. The van der Waals surface area contributed by atoms with Gasteiger partial charge in [0.2, 0.25) is 0 Å². The lowest BCUT2D eigenvalue weighted by atomic mass is 9.83. The maximum Gasteiger partial charge on any atom is 0.692 e. The summed E-state index contributed by atoms with van der Waals surface area (Å²) >= 11 is 0. The van der Waals surface area contributed by atoms with Crippen LogP contribution >= 0.6 is 8.25 Å². The summed E-state index contributed by atoms with van der Waals surface area (Å²) in [6.07, 6.45) is -0.252. The molecule has 17 heavy (non-hydrogen) atoms. The van der Waals surface area contributed by atoms with Gasteiger partial charge in [-0.2, -0.15) is 0 Å². The summed E-state index contributed by atoms with van der Waals surface area (Å²) in [5, 5.41) is 25.6. The van der Waals surface area contributed by atoms with Crippen LogP contribution in [0, 0.1) is 5.41 Å². The van der Waals surface area contributed by atoms with Crippen LogP contribution in [-0.2, 0) is 18.9 Å². The molecule has 10 heteroatoms. The Morgan fingerprint density at radius 3 is 1.29 bits per heavy atom. The topological polar surface area (TPSA) is 169 Å². The standard InChI is InChI=1S/C7H10O6.HO3P/c1-2-3-7(4(8)9,5(10)11)6(12)13;1-4(2)3/h2-3H2,1H3,(H,8,9)(H,10,11)(H,12,13);(H-,1,2,3)/p+1. The van der Waals surface area contributed by atoms with Gasteiger partial charge in [-0.25, -0.2) is 0 Å². The van der Waals surface area contributed by atoms with Crippen molar-refractivity contribution < 1.29 is 44.1 Å². The Kier molecular flexibility index (Phi) is 8.03. The van der Waals surface area contributed by atoms with Crippen LogP contribution in [0.4, 0.5) is 0 Å². The molecule has 0 unspecified atom stereocenters. The van der Waals surface area contributed by atoms with Crippen molar-refractivity contribution in [2.45, 2.75) is 19.8 Å². The van der Waals surface area contributed by atoms with Gasteiger partial charge in [0.25, 0.3) is 5.41 Å². The van der Waals surface area contributed by atoms with Crippen LogP contribution in [0.5, 0.6) is 0 Å². The van der Waals surface area contributed by atoms with Gasteiger partial charge in [-0.3, -0.25) is 14.4 Å². The van der Waals surface area contributed by atoms with Gasteiger partial charge in [-0.15, -0.1) is 9.79 Å². The van der Waals surface area contributed by atoms with Crippen molar-refractivity contribution in [2.24, 2.45) is 5.41 Å². The third-order valence-corrected chi connectivity index (χ3v) is 1.72. The molecule has 0 aromatic rings. The van der Waals surface area contributed by atoms with Crippen LogP contribution < -0.4 is 0 Å². The van der Waals surface area contributed by atoms with Crippen molar-refractivity contribution >= 4 is 26.2 Å². The van der Waals surface area contributed by atoms with E-state index in [1.54, 1.807) is 0 Å². The molecule has 0 aromatic heterocycles. The molecule has 0 amide bonds. The highest BCUT2D eigenvalue weighted by molar-refractivity contribution is 7.30. The third-order valence-electron chi connectivity index (χ3n) is 1.72. The Balaban J connectivity index is 0. The first kappa shape index (κ1) is 17.8. The quantitative estimate of drug-likeness (QED) is 0.331. The molecular weight excluding hydrogens is 259 g/mol. The largest absolute Gasteiger partial charge is 0.692 e. The van der Waals surface area contributed by atoms with E-state index in [-0.39, 0.29) is 6.42 Å². The number of hydrogen-bond acceptors (Lipinski definition) is 4. The molecule has 0 rings (SSSR count). The van der Waals surface area contributed by atoms with E-state index < -0.39 is 38.0 Å². The molecule has 0 aliphatic rings. The monoisotopic (exact) mass is 271 g/mol. The van der Waals surface area contributed by atoms with Gasteiger partial charge >= 0.3 is 26.2 Å². The van der Waals surface area contributed by atoms with Gasteiger partial charge in [-0.1, -0.05) is 13.3 Å². The van der Waals surface area contributed by atoms with Crippen molar-refractivity contribution in [3.8, 4) is 0 Å². The molecule has 0 radical (unpaired) electrons. The first-order chi connectivity index (χ1) is 7.62. The molecule has 0 bridgehead atoms. The molecule has 0 aromatic carbocycles. The van der Waals surface area contributed by atoms with E-state index in [4.69, 9.17) is 29.7 Å². The van der Waals surface area contributed by atoms with E-state index in [2.05, 4.69) is 0 Å². The smallest absolute Gasteiger partial charge is 0.480 e. The zero-order valence-corrected chi connectivity index (χ0v) is 9.62. The lowest BCUT2D eigenvalue weighted by Crippen LogP contribution is -2.46. The summed E-state index contributed by atoms with van der Waals surface area (Å²) in [6, 6.07) is 0. The Morgan fingerprint density at radius 1 is 1.00 bits per heavy atom. The fourth-order valence-electron chi connectivity index (χ4n) is 0.970. The molecule has 0 saturated carbocycles. The van der Waals surface area contributed by atoms with Crippen LogP contribution in [0.1, 0.15) is 19.8 Å². The fraction of sp³-hybridized carbons (Fsp3) is 0.571. The highest BCUT2D eigenvalue weighted by Gasteiger charge is 2.53. The highest BCUT2D eigenvalue weighted by Crippen LogP contribution is 2.25. The van der Waals surface area contributed by atoms with Crippen molar-refractivity contribution in [1.29, 1.82) is 0 Å². The number of carboxylic acids is 3. The maximum atomic E-state index is 10.5. The van der Waals surface area contributed by atoms with E-state index in [9.17, 15) is 14.4 Å². The Hall–Kier alpha value is -1.57. The van der Waals surface area contributed by atoms with Crippen LogP contribution in [0.3, 0.4) is 0 Å². The Morgan fingerprint density at radius 2 is 1.24 bits per heavy atom.